The Morgan fingerprint density at radius 3 is 2.64 bits per heavy atom. The van der Waals surface area contributed by atoms with Gasteiger partial charge in [-0.05, 0) is 50.1 Å². The third-order valence-electron chi connectivity index (χ3n) is 1.00. The highest BCUT2D eigenvalue weighted by molar-refractivity contribution is 9.13. The number of carbonyl (C=O) groups is 1. The van der Waals surface area contributed by atoms with Crippen LogP contribution in [0.15, 0.2) is 25.7 Å². The molecule has 0 saturated heterocycles. The molecule has 1 rings (SSSR count). The maximum atomic E-state index is 9.92. The average molecular weight is 280 g/mol. The Kier molecular flexibility index (Phi) is 3.08. The molecule has 1 heterocycles. The summed E-state index contributed by atoms with van der Waals surface area (Å²) < 4.78 is 6.60. The van der Waals surface area contributed by atoms with E-state index in [-0.39, 0.29) is 0 Å². The van der Waals surface area contributed by atoms with Crippen LogP contribution in [0.3, 0.4) is 0 Å². The van der Waals surface area contributed by atoms with Gasteiger partial charge < -0.3 is 4.42 Å². The zero-order chi connectivity index (χ0) is 8.27. The molecular weight excluding hydrogens is 276 g/mol. The normalized spacial score (nSPS) is 10.7. The molecule has 0 saturated carbocycles. The summed E-state index contributed by atoms with van der Waals surface area (Å²) in [4.78, 5) is 9.92. The third-order valence-corrected chi connectivity index (χ3v) is 2.71. The van der Waals surface area contributed by atoms with E-state index in [9.17, 15) is 4.79 Å². The van der Waals surface area contributed by atoms with Crippen molar-refractivity contribution in [1.82, 2.24) is 0 Å². The van der Waals surface area contributed by atoms with Crippen molar-refractivity contribution >= 4 is 44.2 Å². The molecule has 0 unspecified atom stereocenters. The number of rotatable bonds is 2. The monoisotopic (exact) mass is 278 g/mol. The molecule has 1 aromatic heterocycles. The van der Waals surface area contributed by atoms with Crippen LogP contribution >= 0.6 is 31.9 Å². The second-order valence-electron chi connectivity index (χ2n) is 1.77. The Bertz CT molecular complexity index is 269. The van der Waals surface area contributed by atoms with Crippen molar-refractivity contribution in [2.24, 2.45) is 0 Å². The minimum atomic E-state index is 0.628. The molecule has 0 N–H and O–H groups in total. The molecule has 0 amide bonds. The first-order valence-corrected chi connectivity index (χ1v) is 4.39. The van der Waals surface area contributed by atoms with Crippen molar-refractivity contribution in [2.75, 3.05) is 0 Å². The zero-order valence-corrected chi connectivity index (χ0v) is 8.55. The summed E-state index contributed by atoms with van der Waals surface area (Å²) in [5.74, 6) is 0.635. The fourth-order valence-electron chi connectivity index (χ4n) is 0.580. The van der Waals surface area contributed by atoms with E-state index in [1.165, 1.54) is 6.08 Å². The summed E-state index contributed by atoms with van der Waals surface area (Å²) >= 11 is 6.42. The van der Waals surface area contributed by atoms with Gasteiger partial charge in [-0.2, -0.15) is 0 Å². The van der Waals surface area contributed by atoms with Gasteiger partial charge in [-0.1, -0.05) is 0 Å². The molecule has 0 atom stereocenters. The fourth-order valence-corrected chi connectivity index (χ4v) is 1.19. The van der Waals surface area contributed by atoms with Gasteiger partial charge in [-0.3, -0.25) is 4.79 Å². The standard InChI is InChI=1S/C7H4Br2O2/c8-6-4-5(2-1-3-10)11-7(6)9/h1-4H/b2-1+. The molecule has 0 aromatic carbocycles. The molecule has 0 aliphatic carbocycles. The molecular formula is C7H4Br2O2. The lowest BCUT2D eigenvalue weighted by atomic mass is 10.4. The van der Waals surface area contributed by atoms with Gasteiger partial charge in [-0.15, -0.1) is 0 Å². The quantitative estimate of drug-likeness (QED) is 0.615. The van der Waals surface area contributed by atoms with E-state index in [2.05, 4.69) is 31.9 Å². The van der Waals surface area contributed by atoms with E-state index in [0.717, 1.165) is 4.47 Å². The van der Waals surface area contributed by atoms with E-state index in [0.29, 0.717) is 16.7 Å². The molecule has 1 aromatic rings. The molecule has 2 nitrogen and oxygen atoms in total. The minimum Gasteiger partial charge on any atom is -0.449 e. The van der Waals surface area contributed by atoms with Crippen molar-refractivity contribution in [2.45, 2.75) is 0 Å². The molecule has 0 fully saturated rings. The van der Waals surface area contributed by atoms with E-state index in [4.69, 9.17) is 4.42 Å². The van der Waals surface area contributed by atoms with Crippen LogP contribution in [0.1, 0.15) is 5.76 Å². The largest absolute Gasteiger partial charge is 0.449 e. The smallest absolute Gasteiger partial charge is 0.184 e. The average Bonchev–Trinajstić information content (AvgIpc) is 2.28. The van der Waals surface area contributed by atoms with Crippen LogP contribution in [0.25, 0.3) is 6.08 Å². The summed E-state index contributed by atoms with van der Waals surface area (Å²) in [5.41, 5.74) is 0. The number of hydrogen-bond acceptors (Lipinski definition) is 2. The zero-order valence-electron chi connectivity index (χ0n) is 5.38. The lowest BCUT2D eigenvalue weighted by Gasteiger charge is -1.79. The topological polar surface area (TPSA) is 30.2 Å². The first kappa shape index (κ1) is 8.74. The maximum Gasteiger partial charge on any atom is 0.184 e. The Morgan fingerprint density at radius 2 is 2.18 bits per heavy atom. The second kappa shape index (κ2) is 3.88. The van der Waals surface area contributed by atoms with Gasteiger partial charge in [-0.25, -0.2) is 0 Å². The second-order valence-corrected chi connectivity index (χ2v) is 3.34. The summed E-state index contributed by atoms with van der Waals surface area (Å²) in [5, 5.41) is 0. The van der Waals surface area contributed by atoms with Crippen molar-refractivity contribution < 1.29 is 9.21 Å². The predicted octanol–water partition coefficient (Wildman–Crippen LogP) is 3.02. The van der Waals surface area contributed by atoms with Crippen LogP contribution in [-0.2, 0) is 4.79 Å². The summed E-state index contributed by atoms with van der Waals surface area (Å²) in [7, 11) is 0. The number of aldehydes is 1. The summed E-state index contributed by atoms with van der Waals surface area (Å²) in [6.07, 6.45) is 3.66. The number of halogens is 2. The lowest BCUT2D eigenvalue weighted by molar-refractivity contribution is -0.104. The fraction of sp³-hybridized carbons (Fsp3) is 0. The Morgan fingerprint density at radius 1 is 1.45 bits per heavy atom. The van der Waals surface area contributed by atoms with Gasteiger partial charge in [0, 0.05) is 0 Å². The third kappa shape index (κ3) is 2.31. The van der Waals surface area contributed by atoms with Crippen LogP contribution in [0.2, 0.25) is 0 Å². The number of furan rings is 1. The van der Waals surface area contributed by atoms with E-state index >= 15 is 0 Å². The van der Waals surface area contributed by atoms with Crippen molar-refractivity contribution in [1.29, 1.82) is 0 Å². The van der Waals surface area contributed by atoms with Gasteiger partial charge in [0.05, 0.1) is 4.47 Å². The number of carbonyl (C=O) groups excluding carboxylic acids is 1. The van der Waals surface area contributed by atoms with Gasteiger partial charge in [0.15, 0.2) is 4.67 Å². The van der Waals surface area contributed by atoms with Gasteiger partial charge >= 0.3 is 0 Å². The van der Waals surface area contributed by atoms with Gasteiger partial charge in [0.25, 0.3) is 0 Å². The first-order chi connectivity index (χ1) is 5.24. The molecule has 0 aliphatic heterocycles. The van der Waals surface area contributed by atoms with Crippen LogP contribution in [0.5, 0.6) is 0 Å². The van der Waals surface area contributed by atoms with Gasteiger partial charge in [0.1, 0.15) is 12.0 Å². The Labute approximate surface area is 80.5 Å². The lowest BCUT2D eigenvalue weighted by Crippen LogP contribution is -1.61. The molecule has 11 heavy (non-hydrogen) atoms. The van der Waals surface area contributed by atoms with E-state index < -0.39 is 0 Å². The first-order valence-electron chi connectivity index (χ1n) is 2.80. The van der Waals surface area contributed by atoms with E-state index in [1.54, 1.807) is 12.1 Å². The van der Waals surface area contributed by atoms with Crippen LogP contribution in [0, 0.1) is 0 Å². The van der Waals surface area contributed by atoms with Crippen molar-refractivity contribution in [3.63, 3.8) is 0 Å². The molecule has 58 valence electrons. The highest BCUT2D eigenvalue weighted by Crippen LogP contribution is 2.27. The van der Waals surface area contributed by atoms with Gasteiger partial charge in [0.2, 0.25) is 0 Å². The maximum absolute atomic E-state index is 9.92. The van der Waals surface area contributed by atoms with Crippen LogP contribution in [-0.4, -0.2) is 6.29 Å². The number of allylic oxidation sites excluding steroid dienone is 1. The Balaban J connectivity index is 2.88. The Hall–Kier alpha value is -0.350. The molecule has 0 spiro atoms. The highest BCUT2D eigenvalue weighted by atomic mass is 79.9. The van der Waals surface area contributed by atoms with Crippen molar-refractivity contribution in [3.05, 3.63) is 27.0 Å². The minimum absolute atomic E-state index is 0.628. The number of hydrogen-bond donors (Lipinski definition) is 0. The molecule has 0 radical (unpaired) electrons. The molecule has 0 aliphatic rings. The summed E-state index contributed by atoms with van der Waals surface area (Å²) in [6.45, 7) is 0. The van der Waals surface area contributed by atoms with Crippen LogP contribution < -0.4 is 0 Å². The highest BCUT2D eigenvalue weighted by Gasteiger charge is 2.01. The predicted molar refractivity (Wildman–Crippen MR) is 49.2 cm³/mol. The molecule has 4 heteroatoms. The van der Waals surface area contributed by atoms with E-state index in [1.807, 2.05) is 0 Å². The SMILES string of the molecule is O=C/C=C/c1cc(Br)c(Br)o1. The van der Waals surface area contributed by atoms with Crippen molar-refractivity contribution in [3.8, 4) is 0 Å². The molecule has 0 bridgehead atoms. The summed E-state index contributed by atoms with van der Waals surface area (Å²) in [6, 6.07) is 1.77. The van der Waals surface area contributed by atoms with Crippen LogP contribution in [0.4, 0.5) is 0 Å².